The fraction of sp³-hybridized carbons (Fsp3) is 0.533. The number of fused-ring (bicyclic) bond motifs is 1. The summed E-state index contributed by atoms with van der Waals surface area (Å²) >= 11 is 0. The highest BCUT2D eigenvalue weighted by Crippen LogP contribution is 2.33. The highest BCUT2D eigenvalue weighted by molar-refractivity contribution is 5.70. The average molecular weight is 248 g/mol. The van der Waals surface area contributed by atoms with E-state index in [0.717, 1.165) is 18.6 Å². The molecule has 0 radical (unpaired) electrons. The summed E-state index contributed by atoms with van der Waals surface area (Å²) in [7, 11) is 1.70. The fourth-order valence-corrected chi connectivity index (χ4v) is 2.71. The van der Waals surface area contributed by atoms with E-state index < -0.39 is 5.97 Å². The van der Waals surface area contributed by atoms with Crippen LogP contribution in [0.3, 0.4) is 0 Å². The van der Waals surface area contributed by atoms with Gasteiger partial charge in [0.15, 0.2) is 0 Å². The molecule has 0 spiro atoms. The number of ether oxygens (including phenoxy) is 1. The first-order valence-corrected chi connectivity index (χ1v) is 6.54. The zero-order valence-electron chi connectivity index (χ0n) is 11.0. The van der Waals surface area contributed by atoms with Crippen molar-refractivity contribution in [3.05, 3.63) is 28.8 Å². The number of carbonyl (C=O) groups is 1. The minimum atomic E-state index is -0.727. The average Bonchev–Trinajstić information content (AvgIpc) is 2.39. The van der Waals surface area contributed by atoms with Gasteiger partial charge in [-0.1, -0.05) is 13.0 Å². The monoisotopic (exact) mass is 248 g/mol. The number of benzene rings is 1. The van der Waals surface area contributed by atoms with Crippen molar-refractivity contribution in [3.8, 4) is 5.75 Å². The van der Waals surface area contributed by atoms with E-state index in [0.29, 0.717) is 6.42 Å². The van der Waals surface area contributed by atoms with Crippen LogP contribution in [0.2, 0.25) is 0 Å². The maximum Gasteiger partial charge on any atom is 0.306 e. The van der Waals surface area contributed by atoms with E-state index in [9.17, 15) is 4.79 Å². The second-order valence-electron chi connectivity index (χ2n) is 5.03. The maximum atomic E-state index is 11.0. The van der Waals surface area contributed by atoms with Crippen molar-refractivity contribution in [2.45, 2.75) is 39.0 Å². The van der Waals surface area contributed by atoms with Crippen molar-refractivity contribution in [3.63, 3.8) is 0 Å². The Balaban J connectivity index is 2.34. The van der Waals surface area contributed by atoms with Crippen molar-refractivity contribution in [2.24, 2.45) is 5.92 Å². The van der Waals surface area contributed by atoms with Crippen LogP contribution in [0.5, 0.6) is 5.75 Å². The predicted octanol–water partition coefficient (Wildman–Crippen LogP) is 2.84. The van der Waals surface area contributed by atoms with Gasteiger partial charge >= 0.3 is 5.97 Å². The quantitative estimate of drug-likeness (QED) is 0.891. The minimum Gasteiger partial charge on any atom is -0.496 e. The highest BCUT2D eigenvalue weighted by Gasteiger charge is 2.20. The lowest BCUT2D eigenvalue weighted by atomic mass is 9.85. The van der Waals surface area contributed by atoms with Gasteiger partial charge < -0.3 is 9.84 Å². The minimum absolute atomic E-state index is 0.329. The van der Waals surface area contributed by atoms with Gasteiger partial charge in [-0.05, 0) is 54.9 Å². The second kappa shape index (κ2) is 5.42. The molecule has 18 heavy (non-hydrogen) atoms. The molecule has 3 heteroatoms. The molecule has 0 amide bonds. The summed E-state index contributed by atoms with van der Waals surface area (Å²) in [5, 5.41) is 9.02. The van der Waals surface area contributed by atoms with E-state index in [1.54, 1.807) is 14.0 Å². The standard InChI is InChI=1S/C15H20O3/c1-10(15(16)17)9-11-7-8-14(18-2)13-6-4-3-5-12(11)13/h7-8,10H,3-6,9H2,1-2H3,(H,16,17). The van der Waals surface area contributed by atoms with Gasteiger partial charge in [-0.2, -0.15) is 0 Å². The van der Waals surface area contributed by atoms with Crippen molar-refractivity contribution < 1.29 is 14.6 Å². The predicted molar refractivity (Wildman–Crippen MR) is 70.1 cm³/mol. The fourth-order valence-electron chi connectivity index (χ4n) is 2.71. The molecule has 1 unspecified atom stereocenters. The summed E-state index contributed by atoms with van der Waals surface area (Å²) in [4.78, 5) is 11.0. The largest absolute Gasteiger partial charge is 0.496 e. The van der Waals surface area contributed by atoms with Gasteiger partial charge in [0.05, 0.1) is 13.0 Å². The summed E-state index contributed by atoms with van der Waals surface area (Å²) in [6.45, 7) is 1.77. The van der Waals surface area contributed by atoms with E-state index in [4.69, 9.17) is 9.84 Å². The molecule has 1 aromatic carbocycles. The molecular weight excluding hydrogens is 228 g/mol. The van der Waals surface area contributed by atoms with Gasteiger partial charge in [0, 0.05) is 0 Å². The maximum absolute atomic E-state index is 11.0. The van der Waals surface area contributed by atoms with Crippen LogP contribution < -0.4 is 4.74 Å². The Morgan fingerprint density at radius 1 is 1.33 bits per heavy atom. The molecule has 0 bridgehead atoms. The second-order valence-corrected chi connectivity index (χ2v) is 5.03. The van der Waals surface area contributed by atoms with E-state index in [-0.39, 0.29) is 5.92 Å². The number of hydrogen-bond acceptors (Lipinski definition) is 2. The number of rotatable bonds is 4. The van der Waals surface area contributed by atoms with Gasteiger partial charge in [0.1, 0.15) is 5.75 Å². The van der Waals surface area contributed by atoms with Crippen LogP contribution in [0, 0.1) is 5.92 Å². The Hall–Kier alpha value is -1.51. The van der Waals surface area contributed by atoms with Crippen molar-refractivity contribution >= 4 is 5.97 Å². The molecule has 0 saturated heterocycles. The molecule has 1 atom stereocenters. The summed E-state index contributed by atoms with van der Waals surface area (Å²) in [5.41, 5.74) is 3.80. The summed E-state index contributed by atoms with van der Waals surface area (Å²) in [6.07, 6.45) is 5.10. The zero-order valence-corrected chi connectivity index (χ0v) is 11.0. The Bertz CT molecular complexity index is 451. The molecule has 0 saturated carbocycles. The summed E-state index contributed by atoms with van der Waals surface area (Å²) in [5.74, 6) is -0.101. The van der Waals surface area contributed by atoms with Crippen LogP contribution in [-0.4, -0.2) is 18.2 Å². The number of aliphatic carboxylic acids is 1. The van der Waals surface area contributed by atoms with Crippen molar-refractivity contribution in [1.82, 2.24) is 0 Å². The molecule has 0 aliphatic heterocycles. The molecule has 0 heterocycles. The van der Waals surface area contributed by atoms with Crippen LogP contribution in [0.4, 0.5) is 0 Å². The molecule has 0 fully saturated rings. The third-order valence-electron chi connectivity index (χ3n) is 3.76. The first kappa shape index (κ1) is 12.9. The Labute approximate surface area is 108 Å². The van der Waals surface area contributed by atoms with Crippen molar-refractivity contribution in [2.75, 3.05) is 7.11 Å². The van der Waals surface area contributed by atoms with Crippen LogP contribution in [0.25, 0.3) is 0 Å². The van der Waals surface area contributed by atoms with Gasteiger partial charge in [-0.15, -0.1) is 0 Å². The number of methoxy groups -OCH3 is 1. The lowest BCUT2D eigenvalue weighted by Gasteiger charge is -2.22. The van der Waals surface area contributed by atoms with E-state index in [2.05, 4.69) is 0 Å². The first-order valence-electron chi connectivity index (χ1n) is 6.54. The van der Waals surface area contributed by atoms with Crippen LogP contribution in [0.15, 0.2) is 12.1 Å². The Kier molecular flexibility index (Phi) is 3.90. The zero-order chi connectivity index (χ0) is 13.1. The SMILES string of the molecule is COc1ccc(CC(C)C(=O)O)c2c1CCCC2. The van der Waals surface area contributed by atoms with Gasteiger partial charge in [0.2, 0.25) is 0 Å². The molecule has 3 nitrogen and oxygen atoms in total. The lowest BCUT2D eigenvalue weighted by Crippen LogP contribution is -2.15. The summed E-state index contributed by atoms with van der Waals surface area (Å²) < 4.78 is 5.40. The topological polar surface area (TPSA) is 46.5 Å². The van der Waals surface area contributed by atoms with E-state index >= 15 is 0 Å². The molecule has 1 N–H and O–H groups in total. The summed E-state index contributed by atoms with van der Waals surface area (Å²) in [6, 6.07) is 4.01. The van der Waals surface area contributed by atoms with Gasteiger partial charge in [-0.3, -0.25) is 4.79 Å². The van der Waals surface area contributed by atoms with Crippen LogP contribution >= 0.6 is 0 Å². The molecule has 0 aromatic heterocycles. The third kappa shape index (κ3) is 2.50. The molecule has 1 aliphatic rings. The molecule has 2 rings (SSSR count). The molecule has 98 valence electrons. The first-order chi connectivity index (χ1) is 8.63. The Morgan fingerprint density at radius 3 is 2.61 bits per heavy atom. The number of carboxylic acid groups (broad SMARTS) is 1. The molecular formula is C15H20O3. The van der Waals surface area contributed by atoms with Crippen LogP contribution in [0.1, 0.15) is 36.5 Å². The molecule has 1 aliphatic carbocycles. The normalized spacial score (nSPS) is 15.9. The number of hydrogen-bond donors (Lipinski definition) is 1. The van der Waals surface area contributed by atoms with Gasteiger partial charge in [0.25, 0.3) is 0 Å². The number of carboxylic acids is 1. The van der Waals surface area contributed by atoms with E-state index in [1.807, 2.05) is 12.1 Å². The molecule has 1 aromatic rings. The third-order valence-corrected chi connectivity index (χ3v) is 3.76. The van der Waals surface area contributed by atoms with E-state index in [1.165, 1.54) is 29.5 Å². The highest BCUT2D eigenvalue weighted by atomic mass is 16.5. The lowest BCUT2D eigenvalue weighted by molar-refractivity contribution is -0.141. The smallest absolute Gasteiger partial charge is 0.306 e. The Morgan fingerprint density at radius 2 is 2.00 bits per heavy atom. The van der Waals surface area contributed by atoms with Crippen LogP contribution in [-0.2, 0) is 24.1 Å². The van der Waals surface area contributed by atoms with Crippen molar-refractivity contribution in [1.29, 1.82) is 0 Å². The van der Waals surface area contributed by atoms with Gasteiger partial charge in [-0.25, -0.2) is 0 Å².